The quantitative estimate of drug-likeness (QED) is 0.0655. The first-order chi connectivity index (χ1) is 43.5. The largest absolute Gasteiger partial charge is 0.489 e. The number of nitrogens with zero attached hydrogens (tertiary/aromatic N) is 8. The fourth-order valence-electron chi connectivity index (χ4n) is 15.6. The van der Waals surface area contributed by atoms with E-state index in [9.17, 15) is 42.5 Å². The minimum atomic E-state index is -4.75. The lowest BCUT2D eigenvalue weighted by atomic mass is 9.59. The molecule has 1 spiro atoms. The Labute approximate surface area is 518 Å². The zero-order chi connectivity index (χ0) is 61.9. The van der Waals surface area contributed by atoms with Crippen molar-refractivity contribution in [2.24, 2.45) is 11.3 Å². The van der Waals surface area contributed by atoms with Crippen LogP contribution in [0.25, 0.3) is 11.0 Å². The number of imide groups is 2. The molecule has 0 radical (unpaired) electrons. The number of amides is 5. The Bertz CT molecular complexity index is 4080. The van der Waals surface area contributed by atoms with Crippen molar-refractivity contribution in [3.05, 3.63) is 129 Å². The standard InChI is InChI=1S/C65H69N11O13S/c1-37-5-3-4-6-44(37)54-34-72(40-7-9-45-47(28-40)63(80)75(62(45)79)50-11-12-57(77)70(2)64(50)81)22-23-73(54)42-32-65(33-42)17-20-71(21-18-65)41-8-10-46(51(29-41)74-49-16-26-87-36-56(49)89-61-53(74)27-39-13-19-66-59(39)68-61)60(78)69-90(84,85)43-30-52(76(82)83)58-55(31-43)88-35-48(67-58)38-14-24-86-25-15-38/h3-10,13,19,27-31,38,42,48-50,54,56,67H,11-12,14-18,20-26,32-36H2,1-2H3,(H,66,68)(H,69,78)/t48-,49-,50?,54-,56-/m0/s1. The lowest BCUT2D eigenvalue weighted by Gasteiger charge is -2.58. The molecule has 1 saturated carbocycles. The molecule has 2 aromatic heterocycles. The lowest BCUT2D eigenvalue weighted by Crippen LogP contribution is -2.60. The third-order valence-electron chi connectivity index (χ3n) is 20.6. The van der Waals surface area contributed by atoms with E-state index < -0.39 is 61.3 Å². The minimum absolute atomic E-state index is 0.00247. The Morgan fingerprint density at radius 1 is 0.800 bits per heavy atom. The first kappa shape index (κ1) is 57.8. The average molecular weight is 1240 g/mol. The smallest absolute Gasteiger partial charge is 0.297 e. The van der Waals surface area contributed by atoms with E-state index in [1.54, 1.807) is 24.4 Å². The van der Waals surface area contributed by atoms with Crippen molar-refractivity contribution in [2.45, 2.75) is 106 Å². The summed E-state index contributed by atoms with van der Waals surface area (Å²) in [6, 6.07) is 24.1. The Hall–Kier alpha value is -8.65. The number of H-pyrrole nitrogens is 1. The number of nitrogens with one attached hydrogen (secondary N) is 3. The van der Waals surface area contributed by atoms with Gasteiger partial charge >= 0.3 is 0 Å². The summed E-state index contributed by atoms with van der Waals surface area (Å²) < 4.78 is 55.4. The highest BCUT2D eigenvalue weighted by Crippen LogP contribution is 2.54. The molecule has 6 fully saturated rings. The van der Waals surface area contributed by atoms with Crippen molar-refractivity contribution in [1.29, 1.82) is 0 Å². The number of pyridine rings is 1. The summed E-state index contributed by atoms with van der Waals surface area (Å²) in [5, 5.41) is 16.7. The van der Waals surface area contributed by atoms with Crippen LogP contribution in [0.3, 0.4) is 0 Å². The van der Waals surface area contributed by atoms with Gasteiger partial charge in [-0.15, -0.1) is 0 Å². The maximum Gasteiger partial charge on any atom is 0.297 e. The molecule has 9 aliphatic rings. The number of carbonyl (C=O) groups is 5. The number of aromatic amines is 1. The molecule has 25 heteroatoms. The molecule has 468 valence electrons. The second-order valence-corrected chi connectivity index (χ2v) is 27.2. The van der Waals surface area contributed by atoms with E-state index >= 15 is 0 Å². The van der Waals surface area contributed by atoms with Crippen LogP contribution in [-0.2, 0) is 29.1 Å². The molecule has 15 rings (SSSR count). The molecule has 6 aromatic rings. The molecule has 5 amide bonds. The average Bonchev–Trinajstić information content (AvgIpc) is 1.03. The first-order valence-corrected chi connectivity index (χ1v) is 32.6. The van der Waals surface area contributed by atoms with E-state index in [1.807, 2.05) is 35.2 Å². The number of piperidine rings is 2. The summed E-state index contributed by atoms with van der Waals surface area (Å²) in [6.45, 7) is 7.69. The Morgan fingerprint density at radius 3 is 2.37 bits per heavy atom. The summed E-state index contributed by atoms with van der Waals surface area (Å²) >= 11 is 0. The van der Waals surface area contributed by atoms with Crippen LogP contribution in [-0.4, -0.2) is 171 Å². The third kappa shape index (κ3) is 9.94. The van der Waals surface area contributed by atoms with Crippen LogP contribution < -0.4 is 34.2 Å². The second kappa shape index (κ2) is 22.4. The van der Waals surface area contributed by atoms with E-state index in [4.69, 9.17) is 23.9 Å². The number of aromatic nitrogens is 2. The number of piperazine rings is 1. The fraction of sp³-hybridized carbons (Fsp3) is 0.446. The lowest BCUT2D eigenvalue weighted by molar-refractivity contribution is -0.384. The number of rotatable bonds is 11. The first-order valence-electron chi connectivity index (χ1n) is 31.2. The molecular formula is C65H69N11O13S. The van der Waals surface area contributed by atoms with E-state index in [1.165, 1.54) is 24.2 Å². The highest BCUT2D eigenvalue weighted by Gasteiger charge is 2.52. The Morgan fingerprint density at radius 2 is 1.57 bits per heavy atom. The molecule has 5 atom stereocenters. The molecule has 90 heavy (non-hydrogen) atoms. The summed E-state index contributed by atoms with van der Waals surface area (Å²) in [5.41, 5.74) is 6.01. The molecular weight excluding hydrogens is 1170 g/mol. The van der Waals surface area contributed by atoms with Gasteiger partial charge in [-0.05, 0) is 129 Å². The molecule has 1 aliphatic carbocycles. The van der Waals surface area contributed by atoms with E-state index in [2.05, 4.69) is 60.9 Å². The Balaban J connectivity index is 0.681. The van der Waals surface area contributed by atoms with Gasteiger partial charge in [-0.25, -0.2) is 13.1 Å². The maximum absolute atomic E-state index is 15.0. The number of hydrogen-bond donors (Lipinski definition) is 3. The topological polar surface area (TPSA) is 272 Å². The van der Waals surface area contributed by atoms with Crippen LogP contribution in [0.4, 0.5) is 34.1 Å². The number of likely N-dealkylation sites (tertiary alicyclic amines) is 1. The summed E-state index contributed by atoms with van der Waals surface area (Å²) in [5.74, 6) is -2.39. The number of nitro benzene ring substituents is 1. The molecule has 8 aliphatic heterocycles. The number of sulfonamides is 1. The zero-order valence-electron chi connectivity index (χ0n) is 49.9. The number of anilines is 5. The zero-order valence-corrected chi connectivity index (χ0v) is 50.7. The van der Waals surface area contributed by atoms with Gasteiger partial charge < -0.3 is 43.9 Å². The number of benzene rings is 4. The molecule has 10 heterocycles. The summed E-state index contributed by atoms with van der Waals surface area (Å²) in [7, 11) is -3.37. The van der Waals surface area contributed by atoms with Crippen molar-refractivity contribution in [2.75, 3.05) is 92.8 Å². The maximum atomic E-state index is 15.0. The monoisotopic (exact) mass is 1240 g/mol. The molecule has 5 saturated heterocycles. The van der Waals surface area contributed by atoms with Crippen molar-refractivity contribution in [3.63, 3.8) is 0 Å². The molecule has 3 N–H and O–H groups in total. The van der Waals surface area contributed by atoms with Crippen LogP contribution in [0.15, 0.2) is 96.0 Å². The number of aryl methyl sites for hydroxylation is 1. The van der Waals surface area contributed by atoms with Crippen molar-refractivity contribution < 1.29 is 56.3 Å². The highest BCUT2D eigenvalue weighted by molar-refractivity contribution is 7.90. The molecule has 0 bridgehead atoms. The van der Waals surface area contributed by atoms with E-state index in [0.29, 0.717) is 68.3 Å². The minimum Gasteiger partial charge on any atom is -0.489 e. The van der Waals surface area contributed by atoms with Crippen molar-refractivity contribution in [3.8, 4) is 11.6 Å². The summed E-state index contributed by atoms with van der Waals surface area (Å²) in [4.78, 5) is 99.0. The van der Waals surface area contributed by atoms with Gasteiger partial charge in [0.05, 0.1) is 56.9 Å². The SMILES string of the molecule is Cc1ccccc1[C@@H]1CN(c2ccc3c(c2)C(=O)N(C2CCC(=O)N(C)C2=O)C3=O)CCN1C1CC2(CCN(c3ccc(C(=O)NS(=O)(=O)c4cc5c(c([N+](=O)[O-])c4)N[C@H](C4CCOCC4)CO5)c(N4c5cc6cc[nH]c6nc5O[C@H]5COCC[C@@H]54)c3)CC2)C1. The van der Waals surface area contributed by atoms with Gasteiger partial charge in [0.2, 0.25) is 11.8 Å². The van der Waals surface area contributed by atoms with Gasteiger partial charge in [0.25, 0.3) is 39.3 Å². The van der Waals surface area contributed by atoms with Crippen LogP contribution in [0.2, 0.25) is 0 Å². The van der Waals surface area contributed by atoms with Gasteiger partial charge in [-0.3, -0.25) is 48.8 Å². The predicted octanol–water partition coefficient (Wildman–Crippen LogP) is 7.24. The number of hydrogen-bond acceptors (Lipinski definition) is 19. The van der Waals surface area contributed by atoms with Crippen LogP contribution in [0.1, 0.15) is 106 Å². The van der Waals surface area contributed by atoms with Crippen molar-refractivity contribution >= 4 is 84.7 Å². The van der Waals surface area contributed by atoms with Crippen molar-refractivity contribution in [1.82, 2.24) is 29.4 Å². The number of ether oxygens (including phenoxy) is 4. The fourth-order valence-corrected chi connectivity index (χ4v) is 16.6. The second-order valence-electron chi connectivity index (χ2n) is 25.6. The third-order valence-corrected chi connectivity index (χ3v) is 21.9. The number of fused-ring (bicyclic) bond motifs is 5. The number of likely N-dealkylation sites (N-methyl/N-ethyl adjacent to an activating group) is 1. The number of nitro groups is 1. The van der Waals surface area contributed by atoms with Gasteiger partial charge in [0.15, 0.2) is 11.4 Å². The summed E-state index contributed by atoms with van der Waals surface area (Å²) in [6.07, 6.45) is 7.36. The normalized spacial score (nSPS) is 24.6. The highest BCUT2D eigenvalue weighted by atomic mass is 32.2. The van der Waals surface area contributed by atoms with E-state index in [-0.39, 0.29) is 89.5 Å². The molecule has 24 nitrogen and oxygen atoms in total. The van der Waals surface area contributed by atoms with Crippen LogP contribution in [0.5, 0.6) is 11.6 Å². The van der Waals surface area contributed by atoms with Crippen LogP contribution >= 0.6 is 0 Å². The van der Waals surface area contributed by atoms with Crippen LogP contribution in [0, 0.1) is 28.4 Å². The Kier molecular flexibility index (Phi) is 14.4. The predicted molar refractivity (Wildman–Crippen MR) is 330 cm³/mol. The molecule has 4 aromatic carbocycles. The van der Waals surface area contributed by atoms with Gasteiger partial charge in [0, 0.05) is 107 Å². The van der Waals surface area contributed by atoms with E-state index in [0.717, 1.165) is 90.8 Å². The number of carbonyl (C=O) groups excluding carboxylic acids is 5. The molecule has 1 unspecified atom stereocenters. The van der Waals surface area contributed by atoms with Gasteiger partial charge in [-0.1, -0.05) is 24.3 Å². The van der Waals surface area contributed by atoms with Gasteiger partial charge in [-0.2, -0.15) is 4.98 Å². The van der Waals surface area contributed by atoms with Gasteiger partial charge in [0.1, 0.15) is 30.1 Å².